The Hall–Kier alpha value is -4.83. The van der Waals surface area contributed by atoms with E-state index in [4.69, 9.17) is 28.4 Å². The lowest BCUT2D eigenvalue weighted by atomic mass is 9.39. The van der Waals surface area contributed by atoms with Crippen molar-refractivity contribution < 1.29 is 72.2 Å². The van der Waals surface area contributed by atoms with E-state index in [1.807, 2.05) is 27.7 Å². The molecule has 1 spiro atoms. The molecule has 332 valence electrons. The summed E-state index contributed by atoms with van der Waals surface area (Å²) in [5, 5.41) is 25.3. The Balaban J connectivity index is 1.06. The number of aliphatic hydroxyl groups is 2. The monoisotopic (exact) mass is 866 g/mol. The molecule has 6 aliphatic carbocycles. The number of carbonyl (C=O) groups excluding carboxylic acids is 7. The van der Waals surface area contributed by atoms with Crippen LogP contribution in [0, 0.1) is 63.6 Å². The lowest BCUT2D eigenvalue weighted by Gasteiger charge is -2.65. The van der Waals surface area contributed by atoms with E-state index < -0.39 is 153 Å². The highest BCUT2D eigenvalue weighted by molar-refractivity contribution is 6.28. The van der Waals surface area contributed by atoms with E-state index in [1.165, 1.54) is 39.0 Å². The summed E-state index contributed by atoms with van der Waals surface area (Å²) in [6.07, 6.45) is -6.18. The summed E-state index contributed by atoms with van der Waals surface area (Å²) in [6, 6.07) is 10.5. The number of aliphatic hydroxyl groups excluding tert-OH is 1. The van der Waals surface area contributed by atoms with Crippen molar-refractivity contribution in [1.29, 1.82) is 0 Å². The van der Waals surface area contributed by atoms with Gasteiger partial charge in [-0.3, -0.25) is 24.0 Å². The van der Waals surface area contributed by atoms with Crippen LogP contribution in [0.5, 0.6) is 0 Å². The molecule has 5 saturated carbocycles. The summed E-state index contributed by atoms with van der Waals surface area (Å²) in [5.74, 6) is -12.1. The predicted molar refractivity (Wildman–Crippen MR) is 212 cm³/mol. The molecule has 3 aliphatic heterocycles. The van der Waals surface area contributed by atoms with E-state index in [-0.39, 0.29) is 40.0 Å². The number of carbonyl (C=O) groups is 7. The molecule has 2 aromatic rings. The maximum atomic E-state index is 15.9. The number of rotatable bonds is 4. The molecular weight excluding hydrogens is 817 g/mol. The van der Waals surface area contributed by atoms with E-state index >= 15 is 4.79 Å². The Morgan fingerprint density at radius 3 is 2.02 bits per heavy atom. The van der Waals surface area contributed by atoms with E-state index in [9.17, 15) is 39.0 Å². The van der Waals surface area contributed by atoms with Crippen LogP contribution in [-0.2, 0) is 47.6 Å². The van der Waals surface area contributed by atoms with Crippen molar-refractivity contribution in [3.63, 3.8) is 0 Å². The van der Waals surface area contributed by atoms with Gasteiger partial charge in [-0.05, 0) is 62.1 Å². The van der Waals surface area contributed by atoms with Crippen molar-refractivity contribution in [1.82, 2.24) is 0 Å². The standard InChI is InChI=1S/C48H50O15/c1-17-29-28(31-36(54)32-30(45(31,6)39(17)58-19(3)49)18(2)40-48(62-40)46(32,7)47(8,57)43(56)63-48)35(53)37(26-16-27-38(60-27)41(44(26,29)5)59-20(4)50)61-42(55)21-13-14-24-25(15-21)34(52)23-12-10-9-11-22(23)33(24)51/h9-15,17-18,26-32,36-41,54,57H,16H2,1-8H3/t17-,18-,26+,27-,28+,29-,30-,31+,32-,36+,37?,38-,39-,40+,41-,44-,45+,46-,47+,48-/m0/s1. The highest BCUT2D eigenvalue weighted by Gasteiger charge is 2.93. The van der Waals surface area contributed by atoms with Crippen molar-refractivity contribution in [3.05, 3.63) is 70.3 Å². The molecule has 15 nitrogen and oxygen atoms in total. The van der Waals surface area contributed by atoms with Crippen LogP contribution in [0.2, 0.25) is 0 Å². The zero-order valence-electron chi connectivity index (χ0n) is 36.1. The molecule has 8 fully saturated rings. The average Bonchev–Trinajstić information content (AvgIpc) is 4.14. The fourth-order valence-corrected chi connectivity index (χ4v) is 15.6. The SMILES string of the molecule is CC(=O)O[C@H]1[C@@H](C)[C@H]2[C@@H](C(=O)C(OC(=O)c3ccc4c(c3)C(=O)c3ccccc3C4=O)[C@H]3C[C@@H]4O[C@@H]4[C@H](OC(C)=O)[C@]23C)[C@@H]2[C@@H](O)[C@@H]3[C@H]([C@H](C)[C@H]4O[C@]45OC(=O)[C@@](C)(O)[C@]35C)[C@]21C. The van der Waals surface area contributed by atoms with E-state index in [1.54, 1.807) is 31.2 Å². The van der Waals surface area contributed by atoms with Gasteiger partial charge in [0.05, 0.1) is 23.2 Å². The minimum absolute atomic E-state index is 0.0209. The Bertz CT molecular complexity index is 2510. The molecule has 2 N–H and O–H groups in total. The first-order valence-electron chi connectivity index (χ1n) is 22.0. The Morgan fingerprint density at radius 2 is 1.37 bits per heavy atom. The minimum atomic E-state index is -2.13. The summed E-state index contributed by atoms with van der Waals surface area (Å²) < 4.78 is 37.2. The lowest BCUT2D eigenvalue weighted by molar-refractivity contribution is -0.246. The average molecular weight is 867 g/mol. The molecule has 15 heteroatoms. The van der Waals surface area contributed by atoms with Gasteiger partial charge in [-0.15, -0.1) is 0 Å². The number of Topliss-reactive ketones (excluding diaryl/α,β-unsaturated/α-hetero) is 1. The maximum Gasteiger partial charge on any atom is 0.341 e. The van der Waals surface area contributed by atoms with Gasteiger partial charge in [0.15, 0.2) is 29.1 Å². The van der Waals surface area contributed by atoms with Gasteiger partial charge < -0.3 is 38.6 Å². The molecule has 9 aliphatic rings. The zero-order valence-corrected chi connectivity index (χ0v) is 36.1. The van der Waals surface area contributed by atoms with Crippen molar-refractivity contribution in [2.75, 3.05) is 0 Å². The fraction of sp³-hybridized carbons (Fsp3) is 0.604. The number of ketones is 3. The molecule has 3 saturated heterocycles. The number of hydrogen-bond donors (Lipinski definition) is 2. The molecule has 11 rings (SSSR count). The van der Waals surface area contributed by atoms with Crippen LogP contribution in [-0.4, -0.2) is 106 Å². The van der Waals surface area contributed by atoms with Gasteiger partial charge in [-0.2, -0.15) is 0 Å². The third-order valence-corrected chi connectivity index (χ3v) is 18.2. The Kier molecular flexibility index (Phi) is 8.11. The van der Waals surface area contributed by atoms with Crippen LogP contribution in [0.15, 0.2) is 42.5 Å². The molecule has 2 aromatic carbocycles. The topological polar surface area (TPSA) is 222 Å². The molecule has 0 bridgehead atoms. The van der Waals surface area contributed by atoms with Gasteiger partial charge in [0.1, 0.15) is 24.4 Å². The summed E-state index contributed by atoms with van der Waals surface area (Å²) >= 11 is 0. The van der Waals surface area contributed by atoms with E-state index in [0.717, 1.165) is 0 Å². The van der Waals surface area contributed by atoms with E-state index in [0.29, 0.717) is 0 Å². The second kappa shape index (κ2) is 12.5. The van der Waals surface area contributed by atoms with Crippen molar-refractivity contribution in [3.8, 4) is 0 Å². The first kappa shape index (κ1) is 40.9. The number of benzene rings is 2. The van der Waals surface area contributed by atoms with Gasteiger partial charge in [0.2, 0.25) is 5.79 Å². The van der Waals surface area contributed by atoms with Crippen LogP contribution < -0.4 is 0 Å². The molecule has 0 radical (unpaired) electrons. The summed E-state index contributed by atoms with van der Waals surface area (Å²) in [7, 11) is 0. The van der Waals surface area contributed by atoms with Crippen LogP contribution in [0.4, 0.5) is 0 Å². The largest absolute Gasteiger partial charge is 0.462 e. The number of fused-ring (bicyclic) bond motifs is 11. The molecular formula is C48H50O15. The molecule has 20 atom stereocenters. The minimum Gasteiger partial charge on any atom is -0.462 e. The van der Waals surface area contributed by atoms with Gasteiger partial charge in [-0.1, -0.05) is 52.0 Å². The smallest absolute Gasteiger partial charge is 0.341 e. The van der Waals surface area contributed by atoms with Crippen LogP contribution in [0.1, 0.15) is 104 Å². The van der Waals surface area contributed by atoms with Gasteiger partial charge in [0.25, 0.3) is 0 Å². The van der Waals surface area contributed by atoms with Crippen molar-refractivity contribution in [2.24, 2.45) is 63.6 Å². The first-order chi connectivity index (χ1) is 29.6. The molecule has 0 aromatic heterocycles. The van der Waals surface area contributed by atoms with Crippen LogP contribution in [0.25, 0.3) is 0 Å². The van der Waals surface area contributed by atoms with Crippen LogP contribution in [0.3, 0.4) is 0 Å². The van der Waals surface area contributed by atoms with Gasteiger partial charge in [-0.25, -0.2) is 9.59 Å². The molecule has 0 amide bonds. The van der Waals surface area contributed by atoms with Gasteiger partial charge >= 0.3 is 23.9 Å². The van der Waals surface area contributed by atoms with Gasteiger partial charge in [0, 0.05) is 70.6 Å². The summed E-state index contributed by atoms with van der Waals surface area (Å²) in [5.41, 5.74) is -5.52. The second-order valence-corrected chi connectivity index (χ2v) is 20.7. The van der Waals surface area contributed by atoms with Crippen LogP contribution >= 0.6 is 0 Å². The number of ether oxygens (including phenoxy) is 6. The van der Waals surface area contributed by atoms with Crippen molar-refractivity contribution >= 4 is 41.2 Å². The summed E-state index contributed by atoms with van der Waals surface area (Å²) in [4.78, 5) is 97.3. The molecule has 63 heavy (non-hydrogen) atoms. The normalized spacial score (nSPS) is 48.9. The number of esters is 4. The predicted octanol–water partition coefficient (Wildman–Crippen LogP) is 3.40. The van der Waals surface area contributed by atoms with E-state index in [2.05, 4.69) is 0 Å². The fourth-order valence-electron chi connectivity index (χ4n) is 15.6. The molecule has 1 unspecified atom stereocenters. The number of hydrogen-bond acceptors (Lipinski definition) is 15. The first-order valence-corrected chi connectivity index (χ1v) is 22.0. The zero-order chi connectivity index (χ0) is 45.0. The Labute approximate surface area is 362 Å². The molecule has 3 heterocycles. The number of epoxide rings is 2. The van der Waals surface area contributed by atoms with Crippen molar-refractivity contribution in [2.45, 2.75) is 116 Å². The summed E-state index contributed by atoms with van der Waals surface area (Å²) in [6.45, 7) is 13.2. The maximum absolute atomic E-state index is 15.9. The third kappa shape index (κ3) is 4.66. The highest BCUT2D eigenvalue weighted by atomic mass is 16.8. The third-order valence-electron chi connectivity index (χ3n) is 18.2. The Morgan fingerprint density at radius 1 is 0.746 bits per heavy atom. The quantitative estimate of drug-likeness (QED) is 0.218. The lowest BCUT2D eigenvalue weighted by Crippen LogP contribution is -2.72. The second-order valence-electron chi connectivity index (χ2n) is 20.7. The highest BCUT2D eigenvalue weighted by Crippen LogP contribution is 2.81.